The van der Waals surface area contributed by atoms with E-state index in [1.807, 2.05) is 0 Å². The van der Waals surface area contributed by atoms with Crippen molar-refractivity contribution in [3.05, 3.63) is 61.6 Å². The number of nitro benzene ring substituents is 1. The molecular formula is C20H16Cl2F3NO7. The van der Waals surface area contributed by atoms with Gasteiger partial charge in [-0.25, -0.2) is 4.79 Å². The Morgan fingerprint density at radius 3 is 2.27 bits per heavy atom. The number of carbonyl (C=O) groups excluding carboxylic acids is 2. The summed E-state index contributed by atoms with van der Waals surface area (Å²) >= 11 is 11.7. The summed E-state index contributed by atoms with van der Waals surface area (Å²) in [6.45, 7) is 2.91. The van der Waals surface area contributed by atoms with Gasteiger partial charge in [-0.1, -0.05) is 23.2 Å². The Hall–Kier alpha value is -3.05. The van der Waals surface area contributed by atoms with Gasteiger partial charge in [0.25, 0.3) is 5.69 Å². The number of rotatable bonds is 8. The monoisotopic (exact) mass is 509 g/mol. The van der Waals surface area contributed by atoms with Crippen LogP contribution in [0.25, 0.3) is 0 Å². The number of hydrogen-bond donors (Lipinski definition) is 0. The highest BCUT2D eigenvalue weighted by Gasteiger charge is 2.32. The van der Waals surface area contributed by atoms with E-state index in [4.69, 9.17) is 37.4 Å². The van der Waals surface area contributed by atoms with Crippen LogP contribution in [0.5, 0.6) is 11.5 Å². The number of carbonyl (C=O) groups is 2. The molecule has 0 aliphatic rings. The maximum atomic E-state index is 12.9. The molecule has 0 N–H and O–H groups in total. The maximum Gasteiger partial charge on any atom is 0.416 e. The summed E-state index contributed by atoms with van der Waals surface area (Å²) in [7, 11) is 0. The number of alkyl halides is 3. The molecule has 0 amide bonds. The fourth-order valence-electron chi connectivity index (χ4n) is 2.59. The van der Waals surface area contributed by atoms with Gasteiger partial charge in [0.1, 0.15) is 5.75 Å². The predicted octanol–water partition coefficient (Wildman–Crippen LogP) is 5.75. The van der Waals surface area contributed by atoms with E-state index in [0.29, 0.717) is 12.1 Å². The van der Waals surface area contributed by atoms with Crippen LogP contribution in [0.15, 0.2) is 30.3 Å². The van der Waals surface area contributed by atoms with E-state index in [1.54, 1.807) is 6.92 Å². The van der Waals surface area contributed by atoms with Crippen LogP contribution in [-0.2, 0) is 31.7 Å². The summed E-state index contributed by atoms with van der Waals surface area (Å²) < 4.78 is 53.7. The summed E-state index contributed by atoms with van der Waals surface area (Å²) in [5, 5.41) is 10.4. The molecule has 13 heteroatoms. The molecule has 2 aromatic carbocycles. The molecule has 0 spiro atoms. The molecule has 0 radical (unpaired) electrons. The van der Waals surface area contributed by atoms with Crippen molar-refractivity contribution in [3.8, 4) is 11.5 Å². The van der Waals surface area contributed by atoms with Crippen LogP contribution in [0.4, 0.5) is 18.9 Å². The van der Waals surface area contributed by atoms with Crippen LogP contribution < -0.4 is 4.74 Å². The maximum absolute atomic E-state index is 12.9. The largest absolute Gasteiger partial charge is 0.463 e. The molecule has 0 aromatic heterocycles. The summed E-state index contributed by atoms with van der Waals surface area (Å²) in [6.07, 6.45) is -6.53. The van der Waals surface area contributed by atoms with E-state index in [-0.39, 0.29) is 23.7 Å². The van der Waals surface area contributed by atoms with E-state index in [1.165, 1.54) is 6.92 Å². The Bertz CT molecular complexity index is 1050. The van der Waals surface area contributed by atoms with Gasteiger partial charge in [-0.3, -0.25) is 14.9 Å². The van der Waals surface area contributed by atoms with Crippen molar-refractivity contribution in [2.75, 3.05) is 6.61 Å². The van der Waals surface area contributed by atoms with Gasteiger partial charge in [-0.15, -0.1) is 0 Å². The quantitative estimate of drug-likeness (QED) is 0.253. The first-order chi connectivity index (χ1) is 15.3. The minimum Gasteiger partial charge on any atom is -0.463 e. The van der Waals surface area contributed by atoms with Crippen molar-refractivity contribution in [3.63, 3.8) is 0 Å². The summed E-state index contributed by atoms with van der Waals surface area (Å²) in [6, 6.07) is 4.52. The number of nitrogens with zero attached hydrogens (tertiary/aromatic N) is 1. The number of esters is 2. The van der Waals surface area contributed by atoms with Gasteiger partial charge in [0.15, 0.2) is 11.9 Å². The summed E-state index contributed by atoms with van der Waals surface area (Å²) in [4.78, 5) is 34.3. The van der Waals surface area contributed by atoms with Gasteiger partial charge in [0.05, 0.1) is 33.6 Å². The Morgan fingerprint density at radius 2 is 1.76 bits per heavy atom. The zero-order valence-electron chi connectivity index (χ0n) is 17.1. The Morgan fingerprint density at radius 1 is 1.15 bits per heavy atom. The molecule has 8 nitrogen and oxygen atoms in total. The van der Waals surface area contributed by atoms with E-state index in [2.05, 4.69) is 0 Å². The number of ether oxygens (including phenoxy) is 3. The van der Waals surface area contributed by atoms with E-state index < -0.39 is 56.9 Å². The normalized spacial score (nSPS) is 12.1. The first-order valence-corrected chi connectivity index (χ1v) is 9.96. The van der Waals surface area contributed by atoms with Crippen molar-refractivity contribution in [1.29, 1.82) is 0 Å². The fraction of sp³-hybridized carbons (Fsp3) is 0.300. The van der Waals surface area contributed by atoms with Crippen LogP contribution >= 0.6 is 23.2 Å². The van der Waals surface area contributed by atoms with Gasteiger partial charge >= 0.3 is 18.1 Å². The third-order valence-electron chi connectivity index (χ3n) is 4.05. The lowest BCUT2D eigenvalue weighted by Crippen LogP contribution is -2.27. The van der Waals surface area contributed by atoms with Crippen molar-refractivity contribution >= 4 is 40.8 Å². The summed E-state index contributed by atoms with van der Waals surface area (Å²) in [5.74, 6) is -2.15. The SMILES string of the molecule is CCOC(=O)C(C)OC(=O)Cc1cc(Oc2c(Cl)cc(C(F)(F)F)cc2Cl)ccc1[N+](=O)[O-]. The highest BCUT2D eigenvalue weighted by atomic mass is 35.5. The Kier molecular flexibility index (Phi) is 8.51. The van der Waals surface area contributed by atoms with Crippen molar-refractivity contribution < 1.29 is 41.9 Å². The highest BCUT2D eigenvalue weighted by Crippen LogP contribution is 2.42. The predicted molar refractivity (Wildman–Crippen MR) is 111 cm³/mol. The number of hydrogen-bond acceptors (Lipinski definition) is 7. The average Bonchev–Trinajstić information content (AvgIpc) is 2.69. The Balaban J connectivity index is 2.30. The molecule has 0 saturated heterocycles. The number of benzene rings is 2. The second-order valence-electron chi connectivity index (χ2n) is 6.48. The number of nitro groups is 1. The molecule has 1 atom stereocenters. The van der Waals surface area contributed by atoms with Crippen molar-refractivity contribution in [1.82, 2.24) is 0 Å². The third kappa shape index (κ3) is 6.96. The minimum atomic E-state index is -4.69. The van der Waals surface area contributed by atoms with Crippen molar-refractivity contribution in [2.24, 2.45) is 0 Å². The van der Waals surface area contributed by atoms with Crippen LogP contribution in [0, 0.1) is 10.1 Å². The van der Waals surface area contributed by atoms with Crippen LogP contribution in [0.1, 0.15) is 25.0 Å². The number of halogens is 5. The molecule has 0 heterocycles. The molecule has 2 rings (SSSR count). The molecule has 1 unspecified atom stereocenters. The molecule has 0 bridgehead atoms. The van der Waals surface area contributed by atoms with Gasteiger partial charge in [-0.2, -0.15) is 13.2 Å². The first kappa shape index (κ1) is 26.2. The standard InChI is InChI=1S/C20H16Cl2F3NO7/c1-3-31-19(28)10(2)32-17(27)7-11-6-13(4-5-16(11)26(29)30)33-18-14(21)8-12(9-15(18)22)20(23,24)25/h4-6,8-10H,3,7H2,1-2H3. The lowest BCUT2D eigenvalue weighted by Gasteiger charge is -2.14. The Labute approximate surface area is 195 Å². The second-order valence-corrected chi connectivity index (χ2v) is 7.29. The highest BCUT2D eigenvalue weighted by molar-refractivity contribution is 6.37. The fourth-order valence-corrected chi connectivity index (χ4v) is 3.15. The molecule has 178 valence electrons. The van der Waals surface area contributed by atoms with Gasteiger partial charge in [0.2, 0.25) is 0 Å². The van der Waals surface area contributed by atoms with Gasteiger partial charge in [-0.05, 0) is 38.1 Å². The zero-order valence-corrected chi connectivity index (χ0v) is 18.6. The van der Waals surface area contributed by atoms with Crippen molar-refractivity contribution in [2.45, 2.75) is 32.5 Å². The molecule has 0 saturated carbocycles. The van der Waals surface area contributed by atoms with E-state index in [0.717, 1.165) is 18.2 Å². The topological polar surface area (TPSA) is 105 Å². The molecule has 33 heavy (non-hydrogen) atoms. The van der Waals surface area contributed by atoms with Crippen LogP contribution in [0.2, 0.25) is 10.0 Å². The van der Waals surface area contributed by atoms with Crippen LogP contribution in [-0.4, -0.2) is 29.6 Å². The molecular weight excluding hydrogens is 494 g/mol. The minimum absolute atomic E-state index is 0.0701. The molecule has 2 aromatic rings. The third-order valence-corrected chi connectivity index (χ3v) is 4.62. The lowest BCUT2D eigenvalue weighted by atomic mass is 10.1. The lowest BCUT2D eigenvalue weighted by molar-refractivity contribution is -0.385. The molecule has 0 aliphatic carbocycles. The molecule has 0 fully saturated rings. The summed E-state index contributed by atoms with van der Waals surface area (Å²) in [5.41, 5.74) is -1.68. The molecule has 0 aliphatic heterocycles. The average molecular weight is 510 g/mol. The van der Waals surface area contributed by atoms with Gasteiger partial charge < -0.3 is 14.2 Å². The van der Waals surface area contributed by atoms with E-state index >= 15 is 0 Å². The van der Waals surface area contributed by atoms with Crippen LogP contribution in [0.3, 0.4) is 0 Å². The van der Waals surface area contributed by atoms with E-state index in [9.17, 15) is 32.9 Å². The van der Waals surface area contributed by atoms with Gasteiger partial charge in [0, 0.05) is 11.6 Å². The second kappa shape index (κ2) is 10.7. The first-order valence-electron chi connectivity index (χ1n) is 9.21. The smallest absolute Gasteiger partial charge is 0.416 e. The zero-order chi connectivity index (χ0) is 24.9.